The summed E-state index contributed by atoms with van der Waals surface area (Å²) in [4.78, 5) is 10.9. The monoisotopic (exact) mass is 389 g/mol. The zero-order valence-corrected chi connectivity index (χ0v) is 16.5. The first-order chi connectivity index (χ1) is 14.1. The molecule has 0 amide bonds. The summed E-state index contributed by atoms with van der Waals surface area (Å²) >= 11 is 0. The third kappa shape index (κ3) is 4.53. The Morgan fingerprint density at radius 2 is 1.86 bits per heavy atom. The fourth-order valence-corrected chi connectivity index (χ4v) is 4.48. The highest BCUT2D eigenvalue weighted by molar-refractivity contribution is 5.86. The number of rotatable bonds is 7. The molecular formula is C25H27NO3. The van der Waals surface area contributed by atoms with E-state index in [1.165, 1.54) is 29.2 Å². The van der Waals surface area contributed by atoms with E-state index in [0.717, 1.165) is 23.4 Å². The van der Waals surface area contributed by atoms with Gasteiger partial charge < -0.3 is 15.6 Å². The highest BCUT2D eigenvalue weighted by Crippen LogP contribution is 2.41. The third-order valence-electron chi connectivity index (χ3n) is 6.01. The Balaban J connectivity index is 1.48. The van der Waals surface area contributed by atoms with Crippen LogP contribution in [0.25, 0.3) is 10.8 Å². The molecule has 3 N–H and O–H groups in total. The first-order valence-electron chi connectivity index (χ1n) is 10.3. The number of carbonyl (C=O) groups is 1. The van der Waals surface area contributed by atoms with Crippen LogP contribution in [0.4, 0.5) is 5.69 Å². The Bertz CT molecular complexity index is 1010. The number of fused-ring (bicyclic) bond motifs is 1. The number of para-hydroxylation sites is 1. The average Bonchev–Trinajstić information content (AvgIpc) is 3.19. The molecule has 150 valence electrons. The lowest BCUT2D eigenvalue weighted by atomic mass is 9.88. The fraction of sp³-hybridized carbons (Fsp3) is 0.320. The predicted molar refractivity (Wildman–Crippen MR) is 116 cm³/mol. The Kier molecular flexibility index (Phi) is 5.70. The van der Waals surface area contributed by atoms with Gasteiger partial charge in [-0.3, -0.25) is 4.79 Å². The van der Waals surface area contributed by atoms with Crippen LogP contribution in [0.15, 0.2) is 60.7 Å². The van der Waals surface area contributed by atoms with Crippen molar-refractivity contribution in [2.45, 2.75) is 38.0 Å². The second-order valence-electron chi connectivity index (χ2n) is 7.98. The van der Waals surface area contributed by atoms with Crippen molar-refractivity contribution in [2.75, 3.05) is 12.3 Å². The van der Waals surface area contributed by atoms with Crippen molar-refractivity contribution in [3.05, 3.63) is 71.8 Å². The van der Waals surface area contributed by atoms with Gasteiger partial charge >= 0.3 is 5.97 Å². The minimum Gasteiger partial charge on any atom is -0.493 e. The van der Waals surface area contributed by atoms with Crippen LogP contribution >= 0.6 is 0 Å². The number of hydrogen-bond donors (Lipinski definition) is 2. The van der Waals surface area contributed by atoms with Crippen molar-refractivity contribution in [1.82, 2.24) is 0 Å². The van der Waals surface area contributed by atoms with Crippen molar-refractivity contribution in [1.29, 1.82) is 0 Å². The Hall–Kier alpha value is -3.01. The van der Waals surface area contributed by atoms with E-state index in [1.54, 1.807) is 0 Å². The number of aliphatic carboxylic acids is 1. The summed E-state index contributed by atoms with van der Waals surface area (Å²) in [5.41, 5.74) is 9.08. The zero-order valence-electron chi connectivity index (χ0n) is 16.5. The maximum atomic E-state index is 10.9. The highest BCUT2D eigenvalue weighted by atomic mass is 16.5. The Morgan fingerprint density at radius 1 is 1.03 bits per heavy atom. The number of hydrogen-bond acceptors (Lipinski definition) is 3. The molecule has 4 heteroatoms. The molecule has 1 fully saturated rings. The summed E-state index contributed by atoms with van der Waals surface area (Å²) in [7, 11) is 0. The molecule has 1 aliphatic rings. The molecule has 1 aliphatic carbocycles. The SMILES string of the molecule is Nc1ccc2ccc(C3CCCC3COc3ccccc3CCC(=O)O)cc2c1. The van der Waals surface area contributed by atoms with Crippen LogP contribution in [-0.2, 0) is 11.2 Å². The number of benzene rings is 3. The van der Waals surface area contributed by atoms with Crippen molar-refractivity contribution >= 4 is 22.4 Å². The van der Waals surface area contributed by atoms with Gasteiger partial charge in [0, 0.05) is 12.1 Å². The number of ether oxygens (including phenoxy) is 1. The van der Waals surface area contributed by atoms with Crippen LogP contribution in [0.1, 0.15) is 42.7 Å². The summed E-state index contributed by atoms with van der Waals surface area (Å²) in [6.45, 7) is 0.656. The summed E-state index contributed by atoms with van der Waals surface area (Å²) < 4.78 is 6.20. The first kappa shape index (κ1) is 19.3. The minimum absolute atomic E-state index is 0.118. The summed E-state index contributed by atoms with van der Waals surface area (Å²) in [6, 6.07) is 20.5. The molecule has 0 bridgehead atoms. The molecule has 1 saturated carbocycles. The largest absolute Gasteiger partial charge is 0.493 e. The minimum atomic E-state index is -0.785. The number of nitrogen functional groups attached to an aromatic ring is 1. The molecule has 0 aliphatic heterocycles. The molecule has 3 aromatic rings. The topological polar surface area (TPSA) is 72.5 Å². The van der Waals surface area contributed by atoms with E-state index in [-0.39, 0.29) is 6.42 Å². The second kappa shape index (κ2) is 8.56. The summed E-state index contributed by atoms with van der Waals surface area (Å²) in [6.07, 6.45) is 4.13. The van der Waals surface area contributed by atoms with E-state index < -0.39 is 5.97 Å². The van der Waals surface area contributed by atoms with Gasteiger partial charge in [0.25, 0.3) is 0 Å². The van der Waals surface area contributed by atoms with Gasteiger partial charge in [-0.05, 0) is 71.2 Å². The van der Waals surface area contributed by atoms with Gasteiger partial charge in [0.15, 0.2) is 0 Å². The van der Waals surface area contributed by atoms with Crippen LogP contribution in [-0.4, -0.2) is 17.7 Å². The molecule has 0 saturated heterocycles. The van der Waals surface area contributed by atoms with Crippen LogP contribution in [0.2, 0.25) is 0 Å². The predicted octanol–water partition coefficient (Wildman–Crippen LogP) is 5.40. The molecule has 0 heterocycles. The molecule has 0 radical (unpaired) electrons. The Labute approximate surface area is 171 Å². The van der Waals surface area contributed by atoms with Crippen LogP contribution in [0, 0.1) is 5.92 Å². The van der Waals surface area contributed by atoms with Crippen molar-refractivity contribution in [2.24, 2.45) is 5.92 Å². The molecule has 0 aromatic heterocycles. The standard InChI is InChI=1S/C25H27NO3/c26-22-12-10-17-8-9-19(14-21(17)15-22)23-6-3-5-20(23)16-29-24-7-2-1-4-18(24)11-13-25(27)28/h1-2,4,7-10,12,14-15,20,23H,3,5-6,11,13,16,26H2,(H,27,28). The fourth-order valence-electron chi connectivity index (χ4n) is 4.48. The van der Waals surface area contributed by atoms with Crippen molar-refractivity contribution in [3.63, 3.8) is 0 Å². The Morgan fingerprint density at radius 3 is 2.72 bits per heavy atom. The van der Waals surface area contributed by atoms with Crippen LogP contribution in [0.3, 0.4) is 0 Å². The third-order valence-corrected chi connectivity index (χ3v) is 6.01. The van der Waals surface area contributed by atoms with Gasteiger partial charge in [-0.1, -0.05) is 48.9 Å². The summed E-state index contributed by atoms with van der Waals surface area (Å²) in [5.74, 6) is 0.964. The number of nitrogens with two attached hydrogens (primary N) is 1. The van der Waals surface area contributed by atoms with Crippen LogP contribution in [0.5, 0.6) is 5.75 Å². The van der Waals surface area contributed by atoms with Crippen molar-refractivity contribution < 1.29 is 14.6 Å². The molecule has 2 unspecified atom stereocenters. The average molecular weight is 389 g/mol. The molecular weight excluding hydrogens is 362 g/mol. The molecule has 0 spiro atoms. The van der Waals surface area contributed by atoms with Crippen molar-refractivity contribution in [3.8, 4) is 5.75 Å². The maximum Gasteiger partial charge on any atom is 0.303 e. The lowest BCUT2D eigenvalue weighted by Gasteiger charge is -2.22. The smallest absolute Gasteiger partial charge is 0.303 e. The summed E-state index contributed by atoms with van der Waals surface area (Å²) in [5, 5.41) is 11.4. The van der Waals surface area contributed by atoms with Gasteiger partial charge in [0.1, 0.15) is 5.75 Å². The number of carboxylic acids is 1. The van der Waals surface area contributed by atoms with Gasteiger partial charge in [-0.15, -0.1) is 0 Å². The maximum absolute atomic E-state index is 10.9. The van der Waals surface area contributed by atoms with Gasteiger partial charge in [0.2, 0.25) is 0 Å². The quantitative estimate of drug-likeness (QED) is 0.531. The van der Waals surface area contributed by atoms with E-state index in [2.05, 4.69) is 24.3 Å². The molecule has 4 rings (SSSR count). The van der Waals surface area contributed by atoms with E-state index in [0.29, 0.717) is 24.9 Å². The van der Waals surface area contributed by atoms with Gasteiger partial charge in [0.05, 0.1) is 6.61 Å². The molecule has 29 heavy (non-hydrogen) atoms. The second-order valence-corrected chi connectivity index (χ2v) is 7.98. The van der Waals surface area contributed by atoms with Gasteiger partial charge in [-0.25, -0.2) is 0 Å². The molecule has 2 atom stereocenters. The lowest BCUT2D eigenvalue weighted by Crippen LogP contribution is -2.16. The number of anilines is 1. The van der Waals surface area contributed by atoms with E-state index in [9.17, 15) is 4.79 Å². The first-order valence-corrected chi connectivity index (χ1v) is 10.3. The molecule has 3 aromatic carbocycles. The normalized spacial score (nSPS) is 18.8. The van der Waals surface area contributed by atoms with Gasteiger partial charge in [-0.2, -0.15) is 0 Å². The number of carboxylic acid groups (broad SMARTS) is 1. The zero-order chi connectivity index (χ0) is 20.2. The lowest BCUT2D eigenvalue weighted by molar-refractivity contribution is -0.136. The number of aryl methyl sites for hydroxylation is 1. The molecule has 4 nitrogen and oxygen atoms in total. The highest BCUT2D eigenvalue weighted by Gasteiger charge is 2.29. The van der Waals surface area contributed by atoms with E-state index >= 15 is 0 Å². The van der Waals surface area contributed by atoms with E-state index in [1.807, 2.05) is 36.4 Å². The van der Waals surface area contributed by atoms with E-state index in [4.69, 9.17) is 15.6 Å². The van der Waals surface area contributed by atoms with Crippen LogP contribution < -0.4 is 10.5 Å².